The van der Waals surface area contributed by atoms with E-state index in [9.17, 15) is 4.79 Å². The summed E-state index contributed by atoms with van der Waals surface area (Å²) in [4.78, 5) is 12.1. The fourth-order valence-corrected chi connectivity index (χ4v) is 9.73. The summed E-state index contributed by atoms with van der Waals surface area (Å²) in [7, 11) is -2.53. The highest BCUT2D eigenvalue weighted by Gasteiger charge is 2.50. The molecule has 0 aliphatic carbocycles. The zero-order valence-corrected chi connectivity index (χ0v) is 21.9. The second-order valence-electron chi connectivity index (χ2n) is 10.3. The van der Waals surface area contributed by atoms with Crippen LogP contribution in [0.5, 0.6) is 0 Å². The van der Waals surface area contributed by atoms with Crippen molar-refractivity contribution in [2.75, 3.05) is 6.61 Å². The van der Waals surface area contributed by atoms with Gasteiger partial charge >= 0.3 is 0 Å². The summed E-state index contributed by atoms with van der Waals surface area (Å²) in [6.07, 6.45) is 6.98. The van der Waals surface area contributed by atoms with Crippen molar-refractivity contribution < 1.29 is 14.0 Å². The molecule has 1 heterocycles. The van der Waals surface area contributed by atoms with Crippen LogP contribution in [-0.4, -0.2) is 32.9 Å². The number of ether oxygens (including phenoxy) is 1. The van der Waals surface area contributed by atoms with E-state index in [1.165, 1.54) is 10.4 Å². The van der Waals surface area contributed by atoms with Crippen molar-refractivity contribution >= 4 is 24.5 Å². The van der Waals surface area contributed by atoms with Gasteiger partial charge in [0.15, 0.2) is 5.78 Å². The molecule has 3 atom stereocenters. The van der Waals surface area contributed by atoms with E-state index in [4.69, 9.17) is 9.16 Å². The van der Waals surface area contributed by atoms with Gasteiger partial charge in [-0.2, -0.15) is 0 Å². The van der Waals surface area contributed by atoms with Crippen LogP contribution in [0.4, 0.5) is 0 Å². The van der Waals surface area contributed by atoms with E-state index < -0.39 is 8.32 Å². The van der Waals surface area contributed by atoms with E-state index in [2.05, 4.69) is 88.4 Å². The maximum atomic E-state index is 12.1. The summed E-state index contributed by atoms with van der Waals surface area (Å²) in [5.41, 5.74) is 0. The quantitative estimate of drug-likeness (QED) is 0.354. The first-order valence-corrected chi connectivity index (χ1v) is 14.2. The van der Waals surface area contributed by atoms with E-state index in [0.717, 1.165) is 19.3 Å². The molecule has 1 aliphatic heterocycles. The molecule has 0 spiro atoms. The molecule has 0 saturated carbocycles. The van der Waals surface area contributed by atoms with Crippen molar-refractivity contribution in [3.8, 4) is 0 Å². The molecule has 3 rings (SSSR count). The monoisotopic (exact) mass is 464 g/mol. The van der Waals surface area contributed by atoms with Gasteiger partial charge in [0.2, 0.25) is 0 Å². The number of carbonyl (C=O) groups is 1. The first-order chi connectivity index (χ1) is 15.8. The molecule has 0 radical (unpaired) electrons. The minimum absolute atomic E-state index is 0.0164. The van der Waals surface area contributed by atoms with Crippen molar-refractivity contribution in [3.63, 3.8) is 0 Å². The highest BCUT2D eigenvalue weighted by Crippen LogP contribution is 2.37. The van der Waals surface area contributed by atoms with Crippen molar-refractivity contribution in [1.82, 2.24) is 0 Å². The topological polar surface area (TPSA) is 35.5 Å². The zero-order valence-electron chi connectivity index (χ0n) is 20.9. The Bertz CT molecular complexity index is 862. The lowest BCUT2D eigenvalue weighted by Gasteiger charge is -2.43. The average Bonchev–Trinajstić information content (AvgIpc) is 2.79. The van der Waals surface area contributed by atoms with E-state index in [0.29, 0.717) is 18.9 Å². The molecule has 1 aliphatic rings. The third-order valence-corrected chi connectivity index (χ3v) is 11.9. The number of benzene rings is 2. The molecule has 0 N–H and O–H groups in total. The molecule has 2 aromatic carbocycles. The van der Waals surface area contributed by atoms with Crippen molar-refractivity contribution in [2.45, 2.75) is 77.5 Å². The van der Waals surface area contributed by atoms with Gasteiger partial charge in [0.05, 0.1) is 12.2 Å². The third kappa shape index (κ3) is 6.11. The predicted octanol–water partition coefficient (Wildman–Crippen LogP) is 5.67. The number of hydrogen-bond acceptors (Lipinski definition) is 3. The molecule has 4 heteroatoms. The first-order valence-electron chi connectivity index (χ1n) is 12.3. The standard InChI is InChI=1S/C29H40O3Si/c1-6-13-24(30)22-25-19-18-23(2)28(32-25)20-21-31-33(29(3,4)5,26-14-9-7-10-15-26)27-16-11-8-12-17-27/h6-17,23,25,28H,18-22H2,1-5H3/b13-6+/t23-,25-,28-/m1/s1. The second-order valence-corrected chi connectivity index (χ2v) is 14.6. The Morgan fingerprint density at radius 3 is 2.12 bits per heavy atom. The smallest absolute Gasteiger partial charge is 0.261 e. The van der Waals surface area contributed by atoms with Crippen LogP contribution in [0.1, 0.15) is 60.3 Å². The molecule has 0 unspecified atom stereocenters. The third-order valence-electron chi connectivity index (χ3n) is 6.87. The van der Waals surface area contributed by atoms with Gasteiger partial charge in [-0.3, -0.25) is 4.79 Å². The lowest BCUT2D eigenvalue weighted by molar-refractivity contribution is -0.124. The van der Waals surface area contributed by atoms with E-state index >= 15 is 0 Å². The fraction of sp³-hybridized carbons (Fsp3) is 0.483. The molecule has 33 heavy (non-hydrogen) atoms. The van der Waals surface area contributed by atoms with E-state index in [1.807, 2.05) is 13.0 Å². The predicted molar refractivity (Wildman–Crippen MR) is 140 cm³/mol. The normalized spacial score (nSPS) is 21.9. The molecule has 0 amide bonds. The van der Waals surface area contributed by atoms with Crippen LogP contribution in [0.2, 0.25) is 5.04 Å². The SMILES string of the molecule is C/C=C/C(=O)C[C@H]1CC[C@@H](C)[C@@H](CCO[Si](c2ccccc2)(c2ccccc2)C(C)(C)C)O1. The number of hydrogen-bond donors (Lipinski definition) is 0. The molecule has 1 saturated heterocycles. The summed E-state index contributed by atoms with van der Waals surface area (Å²) in [6, 6.07) is 21.5. The maximum absolute atomic E-state index is 12.1. The van der Waals surface area contributed by atoms with Gasteiger partial charge in [-0.25, -0.2) is 0 Å². The molecular formula is C29H40O3Si. The average molecular weight is 465 g/mol. The molecule has 3 nitrogen and oxygen atoms in total. The Morgan fingerprint density at radius 1 is 1.03 bits per heavy atom. The zero-order chi connectivity index (χ0) is 23.9. The lowest BCUT2D eigenvalue weighted by Crippen LogP contribution is -2.66. The largest absolute Gasteiger partial charge is 0.407 e. The minimum Gasteiger partial charge on any atom is -0.407 e. The summed E-state index contributed by atoms with van der Waals surface area (Å²) in [5, 5.41) is 2.57. The Labute approximate surface area is 201 Å². The van der Waals surface area contributed by atoms with Gasteiger partial charge in [-0.1, -0.05) is 94.4 Å². The van der Waals surface area contributed by atoms with Gasteiger partial charge in [0.25, 0.3) is 8.32 Å². The Hall–Kier alpha value is -2.01. The molecule has 0 aromatic heterocycles. The van der Waals surface area contributed by atoms with Crippen LogP contribution in [0.15, 0.2) is 72.8 Å². The maximum Gasteiger partial charge on any atom is 0.261 e. The van der Waals surface area contributed by atoms with Gasteiger partial charge < -0.3 is 9.16 Å². The molecular weight excluding hydrogens is 424 g/mol. The lowest BCUT2D eigenvalue weighted by atomic mass is 9.90. The van der Waals surface area contributed by atoms with Crippen LogP contribution in [-0.2, 0) is 14.0 Å². The van der Waals surface area contributed by atoms with Gasteiger partial charge in [0.1, 0.15) is 0 Å². The van der Waals surface area contributed by atoms with Crippen LogP contribution >= 0.6 is 0 Å². The molecule has 178 valence electrons. The number of allylic oxidation sites excluding steroid dienone is 2. The Morgan fingerprint density at radius 2 is 1.61 bits per heavy atom. The highest BCUT2D eigenvalue weighted by molar-refractivity contribution is 6.99. The van der Waals surface area contributed by atoms with Crippen LogP contribution in [0, 0.1) is 5.92 Å². The van der Waals surface area contributed by atoms with Crippen LogP contribution in [0.25, 0.3) is 0 Å². The highest BCUT2D eigenvalue weighted by atomic mass is 28.4. The summed E-state index contributed by atoms with van der Waals surface area (Å²) in [5.74, 6) is 0.625. The van der Waals surface area contributed by atoms with Crippen molar-refractivity contribution in [2.24, 2.45) is 5.92 Å². The van der Waals surface area contributed by atoms with Crippen LogP contribution < -0.4 is 10.4 Å². The number of rotatable bonds is 9. The summed E-state index contributed by atoms with van der Waals surface area (Å²) in [6.45, 7) is 11.7. The Kier molecular flexibility index (Phi) is 8.86. The summed E-state index contributed by atoms with van der Waals surface area (Å²) >= 11 is 0. The van der Waals surface area contributed by atoms with Gasteiger partial charge in [0, 0.05) is 13.0 Å². The van der Waals surface area contributed by atoms with Crippen molar-refractivity contribution in [3.05, 3.63) is 72.8 Å². The number of carbonyl (C=O) groups excluding carboxylic acids is 1. The van der Waals surface area contributed by atoms with Gasteiger partial charge in [-0.15, -0.1) is 0 Å². The molecule has 0 bridgehead atoms. The molecule has 2 aromatic rings. The van der Waals surface area contributed by atoms with E-state index in [1.54, 1.807) is 6.08 Å². The first kappa shape index (κ1) is 25.6. The summed E-state index contributed by atoms with van der Waals surface area (Å²) < 4.78 is 13.5. The minimum atomic E-state index is -2.53. The van der Waals surface area contributed by atoms with Crippen molar-refractivity contribution in [1.29, 1.82) is 0 Å². The Balaban J connectivity index is 1.79. The molecule has 1 fully saturated rings. The number of ketones is 1. The van der Waals surface area contributed by atoms with Crippen LogP contribution in [0.3, 0.4) is 0 Å². The fourth-order valence-electron chi connectivity index (χ4n) is 5.15. The van der Waals surface area contributed by atoms with E-state index in [-0.39, 0.29) is 23.0 Å². The second kappa shape index (κ2) is 11.4. The van der Waals surface area contributed by atoms with Gasteiger partial charge in [-0.05, 0) is 53.6 Å².